The molecule has 2 atom stereocenters. The second-order valence-corrected chi connectivity index (χ2v) is 5.76. The molecule has 0 saturated carbocycles. The van der Waals surface area contributed by atoms with Crippen molar-refractivity contribution >= 4 is 18.8 Å². The molecule has 0 fully saturated rings. The first-order valence-corrected chi connectivity index (χ1v) is 7.16. The van der Waals surface area contributed by atoms with Crippen LogP contribution in [0.3, 0.4) is 0 Å². The van der Waals surface area contributed by atoms with E-state index in [2.05, 4.69) is 24.3 Å². The van der Waals surface area contributed by atoms with E-state index in [0.717, 1.165) is 5.56 Å². The molecule has 1 N–H and O–H groups in total. The Morgan fingerprint density at radius 1 is 1.22 bits per heavy atom. The topological polar surface area (TPSA) is 46.5 Å². The first kappa shape index (κ1) is 13.2. The molecule has 0 aromatic heterocycles. The number of hydrogen-bond donors (Lipinski definition) is 1. The summed E-state index contributed by atoms with van der Waals surface area (Å²) >= 11 is 0. The van der Waals surface area contributed by atoms with Crippen molar-refractivity contribution in [3.05, 3.63) is 48.0 Å². The summed E-state index contributed by atoms with van der Waals surface area (Å²) in [6.45, 7) is 1.83. The summed E-state index contributed by atoms with van der Waals surface area (Å²) in [6.07, 6.45) is 0.693. The third-order valence-electron chi connectivity index (χ3n) is 2.73. The highest BCUT2D eigenvalue weighted by atomic mass is 31.1. The van der Waals surface area contributed by atoms with Gasteiger partial charge in [-0.25, -0.2) is 0 Å². The highest BCUT2D eigenvalue weighted by Gasteiger charge is 2.24. The van der Waals surface area contributed by atoms with Crippen LogP contribution in [-0.2, 0) is 15.5 Å². The standard InChI is InChI=1S/C14H16O3P/c1-11(15)18(16)17-9-8-12-6-7-13-4-2-3-5-14(13)10-12/h2-7,10-11,15H,8-9H2,1H3/q+1. The van der Waals surface area contributed by atoms with E-state index in [9.17, 15) is 4.57 Å². The van der Waals surface area contributed by atoms with E-state index in [1.165, 1.54) is 17.7 Å². The van der Waals surface area contributed by atoms with Gasteiger partial charge < -0.3 is 5.11 Å². The van der Waals surface area contributed by atoms with Crippen molar-refractivity contribution in [2.45, 2.75) is 19.2 Å². The Balaban J connectivity index is 1.98. The summed E-state index contributed by atoms with van der Waals surface area (Å²) < 4.78 is 16.3. The molecule has 2 aromatic carbocycles. The molecule has 2 aromatic rings. The van der Waals surface area contributed by atoms with Crippen LogP contribution in [0, 0.1) is 0 Å². The maximum atomic E-state index is 11.2. The van der Waals surface area contributed by atoms with Crippen LogP contribution in [0.25, 0.3) is 10.8 Å². The zero-order chi connectivity index (χ0) is 13.0. The van der Waals surface area contributed by atoms with Crippen LogP contribution in [-0.4, -0.2) is 17.6 Å². The van der Waals surface area contributed by atoms with E-state index in [4.69, 9.17) is 9.63 Å². The molecule has 0 spiro atoms. The zero-order valence-corrected chi connectivity index (χ0v) is 11.1. The number of aliphatic hydroxyl groups is 1. The molecule has 18 heavy (non-hydrogen) atoms. The van der Waals surface area contributed by atoms with Gasteiger partial charge in [0.05, 0.1) is 0 Å². The minimum atomic E-state index is -1.96. The average molecular weight is 263 g/mol. The van der Waals surface area contributed by atoms with Crippen molar-refractivity contribution in [1.82, 2.24) is 0 Å². The highest BCUT2D eigenvalue weighted by molar-refractivity contribution is 7.39. The molecule has 0 heterocycles. The van der Waals surface area contributed by atoms with E-state index in [-0.39, 0.29) is 0 Å². The van der Waals surface area contributed by atoms with E-state index in [0.29, 0.717) is 13.0 Å². The number of hydrogen-bond acceptors (Lipinski definition) is 3. The van der Waals surface area contributed by atoms with Crippen molar-refractivity contribution in [3.8, 4) is 0 Å². The molecular formula is C14H16O3P+. The van der Waals surface area contributed by atoms with Crippen LogP contribution in [0.1, 0.15) is 12.5 Å². The second-order valence-electron chi connectivity index (χ2n) is 4.18. The Kier molecular flexibility index (Phi) is 4.43. The Hall–Kier alpha value is -1.28. The number of fused-ring (bicyclic) bond motifs is 1. The van der Waals surface area contributed by atoms with Gasteiger partial charge in [-0.15, -0.1) is 4.52 Å². The fourth-order valence-electron chi connectivity index (χ4n) is 1.76. The lowest BCUT2D eigenvalue weighted by Crippen LogP contribution is -1.98. The molecule has 0 bridgehead atoms. The first-order chi connectivity index (χ1) is 8.66. The fourth-order valence-corrected chi connectivity index (χ4v) is 2.24. The lowest BCUT2D eigenvalue weighted by Gasteiger charge is -2.01. The smallest absolute Gasteiger partial charge is 0.349 e. The zero-order valence-electron chi connectivity index (χ0n) is 10.2. The van der Waals surface area contributed by atoms with Gasteiger partial charge in [-0.1, -0.05) is 42.5 Å². The molecule has 0 aliphatic rings. The number of rotatable bonds is 5. The Morgan fingerprint density at radius 2 is 1.94 bits per heavy atom. The minimum absolute atomic E-state index is 0.360. The summed E-state index contributed by atoms with van der Waals surface area (Å²) in [7, 11) is -1.96. The van der Waals surface area contributed by atoms with Crippen molar-refractivity contribution in [3.63, 3.8) is 0 Å². The molecule has 2 rings (SSSR count). The molecule has 2 unspecified atom stereocenters. The molecule has 0 radical (unpaired) electrons. The van der Waals surface area contributed by atoms with Crippen LogP contribution in [0.2, 0.25) is 0 Å². The van der Waals surface area contributed by atoms with Gasteiger partial charge >= 0.3 is 8.03 Å². The van der Waals surface area contributed by atoms with Gasteiger partial charge in [0.1, 0.15) is 6.61 Å². The van der Waals surface area contributed by atoms with E-state index >= 15 is 0 Å². The Labute approximate surface area is 107 Å². The van der Waals surface area contributed by atoms with Crippen LogP contribution < -0.4 is 0 Å². The van der Waals surface area contributed by atoms with Gasteiger partial charge in [-0.3, -0.25) is 0 Å². The van der Waals surface area contributed by atoms with Gasteiger partial charge in [-0.2, -0.15) is 0 Å². The summed E-state index contributed by atoms with van der Waals surface area (Å²) in [4.78, 5) is 0. The number of benzene rings is 2. The lowest BCUT2D eigenvalue weighted by atomic mass is 10.1. The van der Waals surface area contributed by atoms with Crippen LogP contribution in [0.15, 0.2) is 42.5 Å². The predicted molar refractivity (Wildman–Crippen MR) is 72.9 cm³/mol. The largest absolute Gasteiger partial charge is 0.539 e. The summed E-state index contributed by atoms with van der Waals surface area (Å²) in [6, 6.07) is 14.4. The van der Waals surface area contributed by atoms with Crippen LogP contribution >= 0.6 is 8.03 Å². The molecule has 94 valence electrons. The molecule has 0 aliphatic heterocycles. The molecule has 0 saturated heterocycles. The Bertz CT molecular complexity index is 551. The molecule has 0 amide bonds. The van der Waals surface area contributed by atoms with Gasteiger partial charge in [0, 0.05) is 13.3 Å². The summed E-state index contributed by atoms with van der Waals surface area (Å²) in [5.74, 6) is -0.906. The van der Waals surface area contributed by atoms with Crippen molar-refractivity contribution in [2.24, 2.45) is 0 Å². The molecule has 0 aliphatic carbocycles. The third-order valence-corrected chi connectivity index (χ3v) is 3.78. The highest BCUT2D eigenvalue weighted by Crippen LogP contribution is 2.27. The maximum Gasteiger partial charge on any atom is 0.539 e. The van der Waals surface area contributed by atoms with Crippen LogP contribution in [0.5, 0.6) is 0 Å². The monoisotopic (exact) mass is 263 g/mol. The van der Waals surface area contributed by atoms with Crippen LogP contribution in [0.4, 0.5) is 0 Å². The summed E-state index contributed by atoms with van der Waals surface area (Å²) in [5, 5.41) is 11.4. The maximum absolute atomic E-state index is 11.2. The van der Waals surface area contributed by atoms with Crippen molar-refractivity contribution in [2.75, 3.05) is 6.61 Å². The van der Waals surface area contributed by atoms with E-state index < -0.39 is 13.9 Å². The minimum Gasteiger partial charge on any atom is -0.349 e. The SMILES string of the molecule is CC(O)[P+](=O)OCCc1ccc2ccccc2c1. The van der Waals surface area contributed by atoms with E-state index in [1.807, 2.05) is 18.2 Å². The first-order valence-electron chi connectivity index (χ1n) is 5.92. The third kappa shape index (κ3) is 3.36. The predicted octanol–water partition coefficient (Wildman–Crippen LogP) is 3.48. The van der Waals surface area contributed by atoms with Crippen molar-refractivity contribution < 1.29 is 14.2 Å². The summed E-state index contributed by atoms with van der Waals surface area (Å²) in [5.41, 5.74) is 1.14. The lowest BCUT2D eigenvalue weighted by molar-refractivity contribution is 0.233. The van der Waals surface area contributed by atoms with Gasteiger partial charge in [0.2, 0.25) is 0 Å². The normalized spacial score (nSPS) is 13.6. The van der Waals surface area contributed by atoms with Crippen molar-refractivity contribution in [1.29, 1.82) is 0 Å². The second kappa shape index (κ2) is 6.05. The molecule has 3 nitrogen and oxygen atoms in total. The number of aliphatic hydroxyl groups excluding tert-OH is 1. The average Bonchev–Trinajstić information content (AvgIpc) is 2.38. The van der Waals surface area contributed by atoms with Gasteiger partial charge in [0.25, 0.3) is 5.85 Å². The van der Waals surface area contributed by atoms with Gasteiger partial charge in [-0.05, 0) is 20.9 Å². The Morgan fingerprint density at radius 3 is 2.67 bits per heavy atom. The molecular weight excluding hydrogens is 247 g/mol. The van der Waals surface area contributed by atoms with Gasteiger partial charge in [0.15, 0.2) is 0 Å². The quantitative estimate of drug-likeness (QED) is 0.840. The fraction of sp³-hybridized carbons (Fsp3) is 0.286. The van der Waals surface area contributed by atoms with E-state index in [1.54, 1.807) is 0 Å². The molecule has 4 heteroatoms.